The van der Waals surface area contributed by atoms with Crippen molar-refractivity contribution < 1.29 is 14.6 Å². The van der Waals surface area contributed by atoms with Crippen LogP contribution in [0, 0.1) is 6.92 Å². The maximum atomic E-state index is 12.0. The summed E-state index contributed by atoms with van der Waals surface area (Å²) >= 11 is 6.50. The summed E-state index contributed by atoms with van der Waals surface area (Å²) in [6, 6.07) is 7.36. The van der Waals surface area contributed by atoms with Gasteiger partial charge in [0, 0.05) is 0 Å². The molecule has 0 radical (unpaired) electrons. The number of nitrogens with one attached hydrogen (secondary N) is 1. The minimum atomic E-state index is -0.328. The van der Waals surface area contributed by atoms with E-state index in [0.29, 0.717) is 8.95 Å². The zero-order valence-electron chi connectivity index (χ0n) is 14.2. The highest BCUT2D eigenvalue weighted by Gasteiger charge is 2.18. The van der Waals surface area contributed by atoms with Crippen molar-refractivity contribution in [3.63, 3.8) is 0 Å². The van der Waals surface area contributed by atoms with Crippen LogP contribution in [-0.4, -0.2) is 23.8 Å². The van der Waals surface area contributed by atoms with E-state index in [-0.39, 0.29) is 18.3 Å². The number of rotatable bonds is 5. The summed E-state index contributed by atoms with van der Waals surface area (Å²) in [7, 11) is 0. The second-order valence-electron chi connectivity index (χ2n) is 6.11. The average molecular weight is 482 g/mol. The molecule has 0 bridgehead atoms. The third kappa shape index (κ3) is 4.27. The van der Waals surface area contributed by atoms with E-state index in [4.69, 9.17) is 4.74 Å². The van der Waals surface area contributed by atoms with E-state index in [1.807, 2.05) is 12.1 Å². The van der Waals surface area contributed by atoms with Crippen LogP contribution in [0.1, 0.15) is 28.7 Å². The van der Waals surface area contributed by atoms with Crippen LogP contribution in [-0.2, 0) is 17.6 Å². The molecule has 0 aliphatic heterocycles. The van der Waals surface area contributed by atoms with Gasteiger partial charge in [-0.2, -0.15) is 5.10 Å². The first-order valence-electron chi connectivity index (χ1n) is 8.20. The molecule has 0 saturated carbocycles. The lowest BCUT2D eigenvalue weighted by Gasteiger charge is -2.11. The lowest BCUT2D eigenvalue weighted by molar-refractivity contribution is -0.123. The number of ether oxygens (including phenoxy) is 1. The molecule has 2 aromatic rings. The standard InChI is InChI=1S/C19H18Br2N2O3/c1-11-5-6-17(14-4-2-3-13(11)14)26-10-18(24)23-22-9-12-7-15(20)19(25)16(21)8-12/h5-9,25H,2-4,10H2,1H3,(H,23,24). The Morgan fingerprint density at radius 2 is 1.96 bits per heavy atom. The van der Waals surface area contributed by atoms with Crippen molar-refractivity contribution in [1.82, 2.24) is 5.43 Å². The Morgan fingerprint density at radius 3 is 2.69 bits per heavy atom. The number of amides is 1. The molecule has 1 aliphatic carbocycles. The molecule has 1 aliphatic rings. The van der Waals surface area contributed by atoms with E-state index >= 15 is 0 Å². The molecular formula is C19H18Br2N2O3. The number of carbonyl (C=O) groups is 1. The normalized spacial score (nSPS) is 13.0. The Balaban J connectivity index is 1.56. The molecular weight excluding hydrogens is 464 g/mol. The van der Waals surface area contributed by atoms with Gasteiger partial charge in [-0.15, -0.1) is 0 Å². The monoisotopic (exact) mass is 480 g/mol. The molecule has 3 rings (SSSR count). The molecule has 5 nitrogen and oxygen atoms in total. The van der Waals surface area contributed by atoms with Gasteiger partial charge < -0.3 is 9.84 Å². The molecule has 2 aromatic carbocycles. The van der Waals surface area contributed by atoms with Crippen molar-refractivity contribution in [1.29, 1.82) is 0 Å². The lowest BCUT2D eigenvalue weighted by Crippen LogP contribution is -2.24. The van der Waals surface area contributed by atoms with E-state index in [2.05, 4.69) is 49.3 Å². The topological polar surface area (TPSA) is 70.9 Å². The number of hydrazone groups is 1. The minimum Gasteiger partial charge on any atom is -0.506 e. The van der Waals surface area contributed by atoms with Crippen molar-refractivity contribution in [3.05, 3.63) is 55.5 Å². The molecule has 0 saturated heterocycles. The van der Waals surface area contributed by atoms with Crippen LogP contribution in [0.3, 0.4) is 0 Å². The first kappa shape index (κ1) is 18.9. The Kier molecular flexibility index (Phi) is 5.98. The minimum absolute atomic E-state index is 0.0875. The van der Waals surface area contributed by atoms with E-state index in [1.165, 1.54) is 22.9 Å². The van der Waals surface area contributed by atoms with Gasteiger partial charge in [-0.25, -0.2) is 5.43 Å². The van der Waals surface area contributed by atoms with Crippen molar-refractivity contribution in [2.45, 2.75) is 26.2 Å². The van der Waals surface area contributed by atoms with Crippen LogP contribution >= 0.6 is 31.9 Å². The molecule has 1 amide bonds. The van der Waals surface area contributed by atoms with Gasteiger partial charge in [0.15, 0.2) is 6.61 Å². The second-order valence-corrected chi connectivity index (χ2v) is 7.81. The maximum absolute atomic E-state index is 12.0. The summed E-state index contributed by atoms with van der Waals surface area (Å²) in [4.78, 5) is 12.0. The summed E-state index contributed by atoms with van der Waals surface area (Å²) in [5.74, 6) is 0.573. The summed E-state index contributed by atoms with van der Waals surface area (Å²) in [6.07, 6.45) is 4.70. The quantitative estimate of drug-likeness (QED) is 0.495. The highest BCUT2D eigenvalue weighted by molar-refractivity contribution is 9.11. The summed E-state index contributed by atoms with van der Waals surface area (Å²) in [6.45, 7) is 2.02. The number of carbonyl (C=O) groups excluding carboxylic acids is 1. The third-order valence-corrected chi connectivity index (χ3v) is 5.49. The van der Waals surface area contributed by atoms with Gasteiger partial charge in [0.2, 0.25) is 0 Å². The lowest BCUT2D eigenvalue weighted by atomic mass is 10.0. The number of benzene rings is 2. The molecule has 26 heavy (non-hydrogen) atoms. The number of aromatic hydroxyl groups is 1. The number of nitrogens with zero attached hydrogens (tertiary/aromatic N) is 1. The van der Waals surface area contributed by atoms with Crippen molar-refractivity contribution in [2.24, 2.45) is 5.10 Å². The fraction of sp³-hybridized carbons (Fsp3) is 0.263. The first-order valence-corrected chi connectivity index (χ1v) is 9.78. The number of hydrogen-bond donors (Lipinski definition) is 2. The van der Waals surface area contributed by atoms with Gasteiger partial charge in [0.25, 0.3) is 5.91 Å². The van der Waals surface area contributed by atoms with Crippen LogP contribution in [0.25, 0.3) is 0 Å². The zero-order valence-corrected chi connectivity index (χ0v) is 17.4. The third-order valence-electron chi connectivity index (χ3n) is 4.28. The second kappa shape index (κ2) is 8.22. The highest BCUT2D eigenvalue weighted by atomic mass is 79.9. The largest absolute Gasteiger partial charge is 0.506 e. The van der Waals surface area contributed by atoms with Crippen LogP contribution in [0.2, 0.25) is 0 Å². The van der Waals surface area contributed by atoms with Gasteiger partial charge >= 0.3 is 0 Å². The van der Waals surface area contributed by atoms with E-state index in [1.54, 1.807) is 12.1 Å². The molecule has 2 N–H and O–H groups in total. The van der Waals surface area contributed by atoms with Gasteiger partial charge in [-0.05, 0) is 98.5 Å². The van der Waals surface area contributed by atoms with Gasteiger partial charge in [0.05, 0.1) is 15.2 Å². The Morgan fingerprint density at radius 1 is 1.27 bits per heavy atom. The van der Waals surface area contributed by atoms with Gasteiger partial charge in [-0.3, -0.25) is 4.79 Å². The van der Waals surface area contributed by atoms with Crippen molar-refractivity contribution in [3.8, 4) is 11.5 Å². The highest BCUT2D eigenvalue weighted by Crippen LogP contribution is 2.33. The van der Waals surface area contributed by atoms with E-state index in [9.17, 15) is 9.90 Å². The van der Waals surface area contributed by atoms with E-state index in [0.717, 1.165) is 30.6 Å². The predicted octanol–water partition coefficient (Wildman–Crippen LogP) is 4.24. The van der Waals surface area contributed by atoms with Gasteiger partial charge in [-0.1, -0.05) is 6.07 Å². The number of fused-ring (bicyclic) bond motifs is 1. The zero-order chi connectivity index (χ0) is 18.7. The molecule has 136 valence electrons. The fourth-order valence-corrected chi connectivity index (χ4v) is 4.22. The molecule has 7 heteroatoms. The molecule has 0 unspecified atom stereocenters. The molecule has 0 heterocycles. The number of halogens is 2. The number of phenolic OH excluding ortho intramolecular Hbond substituents is 1. The predicted molar refractivity (Wildman–Crippen MR) is 108 cm³/mol. The Hall–Kier alpha value is -1.86. The molecule has 0 spiro atoms. The average Bonchev–Trinajstić information content (AvgIpc) is 3.10. The number of phenols is 1. The van der Waals surface area contributed by atoms with Crippen molar-refractivity contribution in [2.75, 3.05) is 6.61 Å². The van der Waals surface area contributed by atoms with Gasteiger partial charge in [0.1, 0.15) is 11.5 Å². The first-order chi connectivity index (χ1) is 12.5. The number of aryl methyl sites for hydroxylation is 1. The SMILES string of the molecule is Cc1ccc(OCC(=O)NN=Cc2cc(Br)c(O)c(Br)c2)c2c1CCC2. The summed E-state index contributed by atoms with van der Waals surface area (Å²) in [5, 5.41) is 13.6. The Labute approximate surface area is 168 Å². The Bertz CT molecular complexity index is 858. The molecule has 0 aromatic heterocycles. The van der Waals surface area contributed by atoms with Crippen LogP contribution in [0.5, 0.6) is 11.5 Å². The molecule has 0 fully saturated rings. The smallest absolute Gasteiger partial charge is 0.277 e. The number of hydrogen-bond acceptors (Lipinski definition) is 4. The van der Waals surface area contributed by atoms with Crippen LogP contribution < -0.4 is 10.2 Å². The summed E-state index contributed by atoms with van der Waals surface area (Å²) in [5.41, 5.74) is 7.02. The van der Waals surface area contributed by atoms with Crippen LogP contribution in [0.4, 0.5) is 0 Å². The maximum Gasteiger partial charge on any atom is 0.277 e. The van der Waals surface area contributed by atoms with Crippen molar-refractivity contribution >= 4 is 44.0 Å². The van der Waals surface area contributed by atoms with Crippen LogP contribution in [0.15, 0.2) is 38.3 Å². The summed E-state index contributed by atoms with van der Waals surface area (Å²) < 4.78 is 6.76. The molecule has 0 atom stereocenters. The fourth-order valence-electron chi connectivity index (χ4n) is 3.00. The van der Waals surface area contributed by atoms with E-state index < -0.39 is 0 Å².